The van der Waals surface area contributed by atoms with Crippen molar-refractivity contribution in [2.75, 3.05) is 17.2 Å². The number of rotatable bonds is 6. The highest BCUT2D eigenvalue weighted by Crippen LogP contribution is 2.24. The topological polar surface area (TPSA) is 51.1 Å². The molecule has 3 rings (SSSR count). The Kier molecular flexibility index (Phi) is 5.80. The van der Waals surface area contributed by atoms with Crippen LogP contribution in [-0.4, -0.2) is 21.5 Å². The SMILES string of the molecule is CCOc1ccccc1NC(=S)Nc1cnn(Cc2ccccc2F)c1. The molecule has 0 aliphatic carbocycles. The van der Waals surface area contributed by atoms with E-state index in [9.17, 15) is 4.39 Å². The first kappa shape index (κ1) is 17.9. The van der Waals surface area contributed by atoms with Crippen LogP contribution in [0, 0.1) is 5.82 Å². The lowest BCUT2D eigenvalue weighted by Crippen LogP contribution is -2.19. The number of hydrogen-bond donors (Lipinski definition) is 2. The second kappa shape index (κ2) is 8.44. The van der Waals surface area contributed by atoms with E-state index in [0.717, 1.165) is 11.4 Å². The third kappa shape index (κ3) is 4.58. The van der Waals surface area contributed by atoms with Gasteiger partial charge in [-0.1, -0.05) is 30.3 Å². The fourth-order valence-electron chi connectivity index (χ4n) is 2.45. The standard InChI is InChI=1S/C19H19FN4OS/c1-2-25-18-10-6-5-9-17(18)23-19(26)22-15-11-21-24(13-15)12-14-7-3-4-8-16(14)20/h3-11,13H,2,12H2,1H3,(H2,22,23,26). The van der Waals surface area contributed by atoms with Gasteiger partial charge in [-0.2, -0.15) is 5.10 Å². The Morgan fingerprint density at radius 1 is 1.15 bits per heavy atom. The van der Waals surface area contributed by atoms with Crippen LogP contribution in [0.5, 0.6) is 5.75 Å². The summed E-state index contributed by atoms with van der Waals surface area (Å²) in [6, 6.07) is 14.2. The van der Waals surface area contributed by atoms with E-state index >= 15 is 0 Å². The van der Waals surface area contributed by atoms with Gasteiger partial charge in [-0.15, -0.1) is 0 Å². The number of ether oxygens (including phenoxy) is 1. The van der Waals surface area contributed by atoms with Gasteiger partial charge < -0.3 is 15.4 Å². The molecule has 1 aromatic heterocycles. The monoisotopic (exact) mass is 370 g/mol. The Hall–Kier alpha value is -2.93. The van der Waals surface area contributed by atoms with Gasteiger partial charge >= 0.3 is 0 Å². The van der Waals surface area contributed by atoms with Crippen LogP contribution in [0.2, 0.25) is 0 Å². The minimum atomic E-state index is -0.248. The van der Waals surface area contributed by atoms with E-state index < -0.39 is 0 Å². The smallest absolute Gasteiger partial charge is 0.175 e. The zero-order valence-electron chi connectivity index (χ0n) is 14.3. The van der Waals surface area contributed by atoms with Crippen LogP contribution in [0.3, 0.4) is 0 Å². The van der Waals surface area contributed by atoms with Crippen LogP contribution in [-0.2, 0) is 6.54 Å². The van der Waals surface area contributed by atoms with Gasteiger partial charge in [-0.05, 0) is 37.3 Å². The number of halogens is 1. The summed E-state index contributed by atoms with van der Waals surface area (Å²) in [5, 5.41) is 10.8. The molecule has 0 unspecified atom stereocenters. The summed E-state index contributed by atoms with van der Waals surface area (Å²) in [4.78, 5) is 0. The molecule has 0 amide bonds. The summed E-state index contributed by atoms with van der Waals surface area (Å²) in [5.41, 5.74) is 2.08. The summed E-state index contributed by atoms with van der Waals surface area (Å²) < 4.78 is 21.0. The lowest BCUT2D eigenvalue weighted by molar-refractivity contribution is 0.342. The molecule has 0 fully saturated rings. The van der Waals surface area contributed by atoms with Crippen molar-refractivity contribution in [3.63, 3.8) is 0 Å². The molecule has 0 aliphatic rings. The van der Waals surface area contributed by atoms with Crippen molar-refractivity contribution >= 4 is 28.7 Å². The maximum atomic E-state index is 13.7. The van der Waals surface area contributed by atoms with Gasteiger partial charge in [0.25, 0.3) is 0 Å². The molecule has 0 atom stereocenters. The van der Waals surface area contributed by atoms with Crippen molar-refractivity contribution in [1.29, 1.82) is 0 Å². The van der Waals surface area contributed by atoms with Crippen molar-refractivity contribution < 1.29 is 9.13 Å². The number of nitrogens with zero attached hydrogens (tertiary/aromatic N) is 2. The van der Waals surface area contributed by atoms with Crippen LogP contribution in [0.15, 0.2) is 60.9 Å². The van der Waals surface area contributed by atoms with Gasteiger partial charge in [0.2, 0.25) is 0 Å². The van der Waals surface area contributed by atoms with Gasteiger partial charge in [-0.3, -0.25) is 4.68 Å². The summed E-state index contributed by atoms with van der Waals surface area (Å²) in [6.07, 6.45) is 3.41. The van der Waals surface area contributed by atoms with Crippen molar-refractivity contribution in [1.82, 2.24) is 9.78 Å². The predicted octanol–water partition coefficient (Wildman–Crippen LogP) is 4.28. The molecule has 0 radical (unpaired) electrons. The average Bonchev–Trinajstić information content (AvgIpc) is 3.06. The third-order valence-corrected chi connectivity index (χ3v) is 3.82. The van der Waals surface area contributed by atoms with E-state index in [0.29, 0.717) is 29.5 Å². The first-order valence-corrected chi connectivity index (χ1v) is 8.62. The second-order valence-electron chi connectivity index (χ2n) is 5.53. The first-order chi connectivity index (χ1) is 12.7. The third-order valence-electron chi connectivity index (χ3n) is 3.62. The predicted molar refractivity (Wildman–Crippen MR) is 105 cm³/mol. The van der Waals surface area contributed by atoms with Crippen LogP contribution in [0.4, 0.5) is 15.8 Å². The van der Waals surface area contributed by atoms with E-state index in [1.165, 1.54) is 6.07 Å². The Morgan fingerprint density at radius 3 is 2.73 bits per heavy atom. The molecule has 2 aromatic carbocycles. The van der Waals surface area contributed by atoms with Gasteiger partial charge in [0.1, 0.15) is 11.6 Å². The summed E-state index contributed by atoms with van der Waals surface area (Å²) in [5.74, 6) is 0.483. The summed E-state index contributed by atoms with van der Waals surface area (Å²) in [6.45, 7) is 2.85. The number of para-hydroxylation sites is 2. The molecule has 26 heavy (non-hydrogen) atoms. The van der Waals surface area contributed by atoms with E-state index in [1.807, 2.05) is 31.2 Å². The molecule has 1 heterocycles. The van der Waals surface area contributed by atoms with E-state index in [-0.39, 0.29) is 5.82 Å². The maximum absolute atomic E-state index is 13.7. The molecule has 0 aliphatic heterocycles. The van der Waals surface area contributed by atoms with Crippen molar-refractivity contribution in [3.05, 3.63) is 72.3 Å². The van der Waals surface area contributed by atoms with E-state index in [2.05, 4.69) is 15.7 Å². The molecular weight excluding hydrogens is 351 g/mol. The van der Waals surface area contributed by atoms with Gasteiger partial charge in [0.05, 0.1) is 30.7 Å². The first-order valence-electron chi connectivity index (χ1n) is 8.21. The molecule has 3 aromatic rings. The van der Waals surface area contributed by atoms with E-state index in [1.54, 1.807) is 35.3 Å². The largest absolute Gasteiger partial charge is 0.492 e. The highest BCUT2D eigenvalue weighted by Gasteiger charge is 2.07. The molecule has 0 bridgehead atoms. The lowest BCUT2D eigenvalue weighted by atomic mass is 10.2. The number of benzene rings is 2. The highest BCUT2D eigenvalue weighted by molar-refractivity contribution is 7.80. The lowest BCUT2D eigenvalue weighted by Gasteiger charge is -2.13. The fraction of sp³-hybridized carbons (Fsp3) is 0.158. The van der Waals surface area contributed by atoms with Crippen LogP contribution in [0.25, 0.3) is 0 Å². The quantitative estimate of drug-likeness (QED) is 0.635. The number of thiocarbonyl (C=S) groups is 1. The fourth-order valence-corrected chi connectivity index (χ4v) is 2.68. The normalized spacial score (nSPS) is 10.4. The Labute approximate surface area is 156 Å². The Morgan fingerprint density at radius 2 is 1.92 bits per heavy atom. The maximum Gasteiger partial charge on any atom is 0.175 e. The minimum Gasteiger partial charge on any atom is -0.492 e. The van der Waals surface area contributed by atoms with E-state index in [4.69, 9.17) is 17.0 Å². The Balaban J connectivity index is 1.62. The number of aromatic nitrogens is 2. The van der Waals surface area contributed by atoms with Crippen molar-refractivity contribution in [2.24, 2.45) is 0 Å². The molecule has 0 saturated heterocycles. The van der Waals surface area contributed by atoms with Crippen LogP contribution in [0.1, 0.15) is 12.5 Å². The molecule has 5 nitrogen and oxygen atoms in total. The molecule has 7 heteroatoms. The van der Waals surface area contributed by atoms with Crippen molar-refractivity contribution in [3.8, 4) is 5.75 Å². The van der Waals surface area contributed by atoms with Crippen molar-refractivity contribution in [2.45, 2.75) is 13.5 Å². The molecule has 0 spiro atoms. The number of nitrogens with one attached hydrogen (secondary N) is 2. The molecular formula is C19H19FN4OS. The van der Waals surface area contributed by atoms with Crippen LogP contribution < -0.4 is 15.4 Å². The zero-order valence-corrected chi connectivity index (χ0v) is 15.1. The van der Waals surface area contributed by atoms with Crippen LogP contribution >= 0.6 is 12.2 Å². The van der Waals surface area contributed by atoms with Gasteiger partial charge in [-0.25, -0.2) is 4.39 Å². The van der Waals surface area contributed by atoms with Gasteiger partial charge in [0, 0.05) is 11.8 Å². The molecule has 0 saturated carbocycles. The molecule has 2 N–H and O–H groups in total. The number of hydrogen-bond acceptors (Lipinski definition) is 3. The zero-order chi connectivity index (χ0) is 18.4. The minimum absolute atomic E-state index is 0.248. The molecule has 134 valence electrons. The average molecular weight is 370 g/mol. The van der Waals surface area contributed by atoms with Gasteiger partial charge in [0.15, 0.2) is 5.11 Å². The summed E-state index contributed by atoms with van der Waals surface area (Å²) in [7, 11) is 0. The highest BCUT2D eigenvalue weighted by atomic mass is 32.1. The Bertz CT molecular complexity index is 897. The second-order valence-corrected chi connectivity index (χ2v) is 5.93. The number of anilines is 2. The summed E-state index contributed by atoms with van der Waals surface area (Å²) >= 11 is 5.35.